The van der Waals surface area contributed by atoms with Crippen molar-refractivity contribution in [1.29, 1.82) is 0 Å². The fraction of sp³-hybridized carbons (Fsp3) is 0.0400. The largest absolute Gasteiger partial charge is 0.508 e. The molecule has 138 valence electrons. The van der Waals surface area contributed by atoms with E-state index in [0.29, 0.717) is 16.7 Å². The summed E-state index contributed by atoms with van der Waals surface area (Å²) in [7, 11) is 0. The molecular weight excluding hydrogens is 348 g/mol. The zero-order valence-electron chi connectivity index (χ0n) is 15.2. The molecule has 0 fully saturated rings. The zero-order chi connectivity index (χ0) is 19.6. The Hall–Kier alpha value is -3.72. The van der Waals surface area contributed by atoms with Crippen molar-refractivity contribution < 1.29 is 15.3 Å². The molecule has 28 heavy (non-hydrogen) atoms. The van der Waals surface area contributed by atoms with Gasteiger partial charge in [0.2, 0.25) is 0 Å². The normalized spacial score (nSPS) is 11.3. The Bertz CT molecular complexity index is 992. The first-order valence-corrected chi connectivity index (χ1v) is 9.06. The first-order valence-electron chi connectivity index (χ1n) is 9.06. The van der Waals surface area contributed by atoms with Gasteiger partial charge in [0.15, 0.2) is 0 Å². The third kappa shape index (κ3) is 2.69. The number of rotatable bonds is 4. The van der Waals surface area contributed by atoms with Crippen molar-refractivity contribution in [2.75, 3.05) is 0 Å². The SMILES string of the molecule is Oc1ccccc1C(c1ccccc1)(c1ccccc1O)c1ccccc1O. The number of hydrogen-bond donors (Lipinski definition) is 3. The second kappa shape index (κ2) is 7.12. The van der Waals surface area contributed by atoms with E-state index in [-0.39, 0.29) is 17.2 Å². The fourth-order valence-electron chi connectivity index (χ4n) is 3.96. The Balaban J connectivity index is 2.24. The highest BCUT2D eigenvalue weighted by Gasteiger charge is 2.43. The smallest absolute Gasteiger partial charge is 0.120 e. The Morgan fingerprint density at radius 1 is 0.393 bits per heavy atom. The van der Waals surface area contributed by atoms with Gasteiger partial charge in [-0.25, -0.2) is 0 Å². The van der Waals surface area contributed by atoms with Gasteiger partial charge in [-0.3, -0.25) is 0 Å². The highest BCUT2D eigenvalue weighted by molar-refractivity contribution is 5.67. The van der Waals surface area contributed by atoms with E-state index in [1.807, 2.05) is 66.7 Å². The van der Waals surface area contributed by atoms with E-state index in [9.17, 15) is 15.3 Å². The Morgan fingerprint density at radius 2 is 0.714 bits per heavy atom. The van der Waals surface area contributed by atoms with Gasteiger partial charge in [0.1, 0.15) is 17.2 Å². The van der Waals surface area contributed by atoms with Crippen LogP contribution in [0.5, 0.6) is 17.2 Å². The van der Waals surface area contributed by atoms with Crippen LogP contribution in [0.15, 0.2) is 103 Å². The predicted octanol–water partition coefficient (Wildman–Crippen LogP) is 5.19. The summed E-state index contributed by atoms with van der Waals surface area (Å²) in [5, 5.41) is 32.5. The van der Waals surface area contributed by atoms with Gasteiger partial charge in [-0.15, -0.1) is 0 Å². The van der Waals surface area contributed by atoms with Crippen LogP contribution in [0.2, 0.25) is 0 Å². The standard InChI is InChI=1S/C25H20O3/c26-22-15-7-4-12-19(22)25(18-10-2-1-3-11-18,20-13-5-8-16-23(20)27)21-14-6-9-17-24(21)28/h1-17,26-28H. The molecule has 0 atom stereocenters. The van der Waals surface area contributed by atoms with Gasteiger partial charge in [0, 0.05) is 16.7 Å². The highest BCUT2D eigenvalue weighted by atomic mass is 16.3. The molecule has 0 aliphatic rings. The molecule has 0 aliphatic heterocycles. The summed E-state index contributed by atoms with van der Waals surface area (Å²) < 4.78 is 0. The second-order valence-electron chi connectivity index (χ2n) is 6.67. The van der Waals surface area contributed by atoms with Crippen LogP contribution in [-0.4, -0.2) is 15.3 Å². The molecule has 0 saturated heterocycles. The fourth-order valence-corrected chi connectivity index (χ4v) is 3.96. The van der Waals surface area contributed by atoms with Crippen LogP contribution >= 0.6 is 0 Å². The van der Waals surface area contributed by atoms with Crippen molar-refractivity contribution >= 4 is 0 Å². The van der Waals surface area contributed by atoms with Crippen LogP contribution in [0.4, 0.5) is 0 Å². The molecule has 0 aromatic heterocycles. The molecule has 0 saturated carbocycles. The number of phenolic OH excluding ortho intramolecular Hbond substituents is 3. The zero-order valence-corrected chi connectivity index (χ0v) is 15.2. The molecule has 0 heterocycles. The van der Waals surface area contributed by atoms with E-state index in [1.165, 1.54) is 0 Å². The van der Waals surface area contributed by atoms with Crippen LogP contribution < -0.4 is 0 Å². The quantitative estimate of drug-likeness (QED) is 0.435. The summed E-state index contributed by atoms with van der Waals surface area (Å²) in [6.45, 7) is 0. The van der Waals surface area contributed by atoms with E-state index in [4.69, 9.17) is 0 Å². The number of para-hydroxylation sites is 3. The van der Waals surface area contributed by atoms with Crippen molar-refractivity contribution in [2.24, 2.45) is 0 Å². The van der Waals surface area contributed by atoms with Crippen molar-refractivity contribution in [3.63, 3.8) is 0 Å². The molecular formula is C25H20O3. The lowest BCUT2D eigenvalue weighted by Crippen LogP contribution is -2.31. The average molecular weight is 368 g/mol. The van der Waals surface area contributed by atoms with Gasteiger partial charge in [0.05, 0.1) is 5.41 Å². The van der Waals surface area contributed by atoms with Gasteiger partial charge in [-0.1, -0.05) is 84.9 Å². The van der Waals surface area contributed by atoms with Crippen molar-refractivity contribution in [2.45, 2.75) is 5.41 Å². The van der Waals surface area contributed by atoms with E-state index in [0.717, 1.165) is 5.56 Å². The molecule has 3 N–H and O–H groups in total. The summed E-state index contributed by atoms with van der Waals surface area (Å²) in [5.41, 5.74) is 1.43. The van der Waals surface area contributed by atoms with Crippen molar-refractivity contribution in [1.82, 2.24) is 0 Å². The van der Waals surface area contributed by atoms with E-state index in [1.54, 1.807) is 36.4 Å². The van der Waals surface area contributed by atoms with Crippen LogP contribution in [0, 0.1) is 0 Å². The van der Waals surface area contributed by atoms with Gasteiger partial charge in [-0.05, 0) is 23.8 Å². The molecule has 0 unspecified atom stereocenters. The Labute approximate surface area is 163 Å². The minimum absolute atomic E-state index is 0.0814. The molecule has 0 amide bonds. The van der Waals surface area contributed by atoms with Gasteiger partial charge < -0.3 is 15.3 Å². The van der Waals surface area contributed by atoms with Crippen LogP contribution in [0.3, 0.4) is 0 Å². The number of aromatic hydroxyl groups is 3. The third-order valence-electron chi connectivity index (χ3n) is 5.13. The monoisotopic (exact) mass is 368 g/mol. The summed E-state index contributed by atoms with van der Waals surface area (Å²) in [4.78, 5) is 0. The predicted molar refractivity (Wildman–Crippen MR) is 110 cm³/mol. The van der Waals surface area contributed by atoms with E-state index < -0.39 is 5.41 Å². The van der Waals surface area contributed by atoms with E-state index >= 15 is 0 Å². The lowest BCUT2D eigenvalue weighted by molar-refractivity contribution is 0.435. The van der Waals surface area contributed by atoms with Gasteiger partial charge in [0.25, 0.3) is 0 Å². The van der Waals surface area contributed by atoms with Crippen molar-refractivity contribution in [3.8, 4) is 17.2 Å². The first kappa shape index (κ1) is 17.7. The minimum Gasteiger partial charge on any atom is -0.508 e. The molecule has 0 radical (unpaired) electrons. The number of hydrogen-bond acceptors (Lipinski definition) is 3. The molecule has 4 aromatic carbocycles. The molecule has 0 bridgehead atoms. The number of phenols is 3. The topological polar surface area (TPSA) is 60.7 Å². The van der Waals surface area contributed by atoms with Gasteiger partial charge in [-0.2, -0.15) is 0 Å². The highest BCUT2D eigenvalue weighted by Crippen LogP contribution is 2.52. The van der Waals surface area contributed by atoms with Gasteiger partial charge >= 0.3 is 0 Å². The van der Waals surface area contributed by atoms with Crippen LogP contribution in [0.1, 0.15) is 22.3 Å². The lowest BCUT2D eigenvalue weighted by Gasteiger charge is -2.37. The maximum atomic E-state index is 10.8. The summed E-state index contributed by atoms with van der Waals surface area (Å²) in [5.74, 6) is 0.244. The summed E-state index contributed by atoms with van der Waals surface area (Å²) >= 11 is 0. The molecule has 0 spiro atoms. The maximum Gasteiger partial charge on any atom is 0.120 e. The molecule has 4 rings (SSSR count). The third-order valence-corrected chi connectivity index (χ3v) is 5.13. The summed E-state index contributed by atoms with van der Waals surface area (Å²) in [6, 6.07) is 30.7. The molecule has 4 aromatic rings. The minimum atomic E-state index is -1.11. The molecule has 3 heteroatoms. The van der Waals surface area contributed by atoms with Crippen LogP contribution in [0.25, 0.3) is 0 Å². The second-order valence-corrected chi connectivity index (χ2v) is 6.67. The van der Waals surface area contributed by atoms with E-state index in [2.05, 4.69) is 0 Å². The average Bonchev–Trinajstić information content (AvgIpc) is 2.73. The molecule has 0 aliphatic carbocycles. The van der Waals surface area contributed by atoms with Crippen LogP contribution in [-0.2, 0) is 5.41 Å². The lowest BCUT2D eigenvalue weighted by atomic mass is 9.64. The Morgan fingerprint density at radius 3 is 1.07 bits per heavy atom. The first-order chi connectivity index (χ1) is 13.7. The number of benzene rings is 4. The maximum absolute atomic E-state index is 10.8. The Kier molecular flexibility index (Phi) is 4.50. The van der Waals surface area contributed by atoms with Crippen molar-refractivity contribution in [3.05, 3.63) is 125 Å². The molecule has 3 nitrogen and oxygen atoms in total. The summed E-state index contributed by atoms with van der Waals surface area (Å²) in [6.07, 6.45) is 0.